The zero-order valence-electron chi connectivity index (χ0n) is 9.30. The summed E-state index contributed by atoms with van der Waals surface area (Å²) in [4.78, 5) is 2.25. The van der Waals surface area contributed by atoms with Crippen LogP contribution in [0.5, 0.6) is 0 Å². The highest BCUT2D eigenvalue weighted by molar-refractivity contribution is 5.88. The van der Waals surface area contributed by atoms with E-state index in [2.05, 4.69) is 71.3 Å². The van der Waals surface area contributed by atoms with Crippen LogP contribution in [0.25, 0.3) is 17.1 Å². The molecular formula is C16H22N2. The lowest BCUT2D eigenvalue weighted by atomic mass is 10.2. The lowest BCUT2D eigenvalue weighted by Crippen LogP contribution is -2.16. The summed E-state index contributed by atoms with van der Waals surface area (Å²) in [5.74, 6) is 1.23. The van der Waals surface area contributed by atoms with Crippen LogP contribution in [0.4, 0.5) is 5.82 Å². The van der Waals surface area contributed by atoms with Gasteiger partial charge in [-0.25, -0.2) is 0 Å². The van der Waals surface area contributed by atoms with Gasteiger partial charge in [0.15, 0.2) is 0 Å². The molecule has 0 saturated carbocycles. The van der Waals surface area contributed by atoms with Crippen LogP contribution in [-0.2, 0) is 0 Å². The fourth-order valence-electron chi connectivity index (χ4n) is 2.17. The molecule has 0 spiro atoms. The Morgan fingerprint density at radius 3 is 2.50 bits per heavy atom. The Hall–Kier alpha value is -1.96. The normalized spacial score (nSPS) is 12.6. The summed E-state index contributed by atoms with van der Waals surface area (Å²) < 4.78 is 2.23. The number of rotatable bonds is 1. The van der Waals surface area contributed by atoms with E-state index in [-0.39, 0.29) is 14.9 Å². The molecule has 1 aromatic carbocycles. The molecule has 1 aliphatic heterocycles. The lowest BCUT2D eigenvalue weighted by molar-refractivity contribution is 0.973. The van der Waals surface area contributed by atoms with Crippen LogP contribution < -0.4 is 4.90 Å². The second kappa shape index (κ2) is 5.58. The molecule has 0 saturated heterocycles. The van der Waals surface area contributed by atoms with E-state index in [1.807, 2.05) is 0 Å². The first-order valence-corrected chi connectivity index (χ1v) is 5.62. The summed E-state index contributed by atoms with van der Waals surface area (Å²) in [6.45, 7) is 3.15. The quantitative estimate of drug-likeness (QED) is 0.701. The molecule has 2 aromatic rings. The second-order valence-corrected chi connectivity index (χ2v) is 3.90. The minimum absolute atomic E-state index is 0. The van der Waals surface area contributed by atoms with Crippen molar-refractivity contribution in [3.63, 3.8) is 0 Å². The van der Waals surface area contributed by atoms with Crippen LogP contribution in [0.15, 0.2) is 48.7 Å². The number of anilines is 1. The summed E-state index contributed by atoms with van der Waals surface area (Å²) in [6, 6.07) is 10.7. The van der Waals surface area contributed by atoms with Gasteiger partial charge in [0.05, 0.1) is 5.52 Å². The fourth-order valence-corrected chi connectivity index (χ4v) is 2.17. The summed E-state index contributed by atoms with van der Waals surface area (Å²) in [5.41, 5.74) is 1.26. The van der Waals surface area contributed by atoms with Gasteiger partial charge >= 0.3 is 0 Å². The van der Waals surface area contributed by atoms with E-state index >= 15 is 0 Å². The second-order valence-electron chi connectivity index (χ2n) is 3.90. The van der Waals surface area contributed by atoms with E-state index in [1.165, 1.54) is 16.7 Å². The molecule has 0 aliphatic carbocycles. The Labute approximate surface area is 110 Å². The van der Waals surface area contributed by atoms with Crippen molar-refractivity contribution in [2.75, 3.05) is 11.4 Å². The van der Waals surface area contributed by atoms with Crippen LogP contribution in [0.1, 0.15) is 21.8 Å². The number of aromatic nitrogens is 1. The molecular weight excluding hydrogens is 220 g/mol. The molecule has 0 amide bonds. The Morgan fingerprint density at radius 1 is 1.00 bits per heavy atom. The number of allylic oxidation sites excluding steroid dienone is 2. The monoisotopic (exact) mass is 242 g/mol. The lowest BCUT2D eigenvalue weighted by Gasteiger charge is -2.17. The van der Waals surface area contributed by atoms with Crippen molar-refractivity contribution in [3.8, 4) is 0 Å². The topological polar surface area (TPSA) is 8.17 Å². The third-order valence-corrected chi connectivity index (χ3v) is 2.97. The average Bonchev–Trinajstić information content (AvgIpc) is 2.56. The molecule has 0 N–H and O–H groups in total. The first-order valence-electron chi connectivity index (χ1n) is 5.62. The van der Waals surface area contributed by atoms with Gasteiger partial charge in [-0.05, 0) is 31.2 Å². The Bertz CT molecular complexity index is 576. The van der Waals surface area contributed by atoms with Crippen molar-refractivity contribution in [3.05, 3.63) is 48.7 Å². The molecule has 2 nitrogen and oxygen atoms in total. The van der Waals surface area contributed by atoms with Crippen molar-refractivity contribution in [2.24, 2.45) is 0 Å². The van der Waals surface area contributed by atoms with Gasteiger partial charge in [-0.15, -0.1) is 0 Å². The van der Waals surface area contributed by atoms with Gasteiger partial charge in [0, 0.05) is 24.3 Å². The predicted molar refractivity (Wildman–Crippen MR) is 82.9 cm³/mol. The summed E-state index contributed by atoms with van der Waals surface area (Å²) in [7, 11) is 0. The summed E-state index contributed by atoms with van der Waals surface area (Å²) >= 11 is 0. The van der Waals surface area contributed by atoms with E-state index in [0.717, 1.165) is 6.54 Å². The summed E-state index contributed by atoms with van der Waals surface area (Å²) in [5, 5.41) is 1.29. The van der Waals surface area contributed by atoms with Crippen LogP contribution in [-0.4, -0.2) is 11.1 Å². The molecule has 0 radical (unpaired) electrons. The third kappa shape index (κ3) is 2.06. The first kappa shape index (κ1) is 14.1. The highest BCUT2D eigenvalue weighted by Crippen LogP contribution is 2.28. The van der Waals surface area contributed by atoms with Crippen LogP contribution in [0.3, 0.4) is 0 Å². The number of fused-ring (bicyclic) bond motifs is 3. The molecule has 18 heavy (non-hydrogen) atoms. The van der Waals surface area contributed by atoms with Gasteiger partial charge < -0.3 is 9.47 Å². The highest BCUT2D eigenvalue weighted by Gasteiger charge is 2.11. The first-order chi connectivity index (χ1) is 7.90. The number of benzene rings is 1. The molecule has 96 valence electrons. The van der Waals surface area contributed by atoms with Crippen molar-refractivity contribution < 1.29 is 0 Å². The smallest absolute Gasteiger partial charge is 0.117 e. The van der Waals surface area contributed by atoms with Crippen molar-refractivity contribution in [1.29, 1.82) is 0 Å². The van der Waals surface area contributed by atoms with Gasteiger partial charge in [0.25, 0.3) is 0 Å². The zero-order chi connectivity index (χ0) is 11.0. The molecule has 0 bridgehead atoms. The van der Waals surface area contributed by atoms with Gasteiger partial charge in [0.1, 0.15) is 5.82 Å². The summed E-state index contributed by atoms with van der Waals surface area (Å²) in [6.07, 6.45) is 8.38. The van der Waals surface area contributed by atoms with Gasteiger partial charge in [0.2, 0.25) is 0 Å². The van der Waals surface area contributed by atoms with Gasteiger partial charge in [-0.3, -0.25) is 0 Å². The maximum absolute atomic E-state index is 2.25. The van der Waals surface area contributed by atoms with E-state index in [1.54, 1.807) is 0 Å². The average molecular weight is 242 g/mol. The van der Waals surface area contributed by atoms with Gasteiger partial charge in [-0.1, -0.05) is 33.1 Å². The Morgan fingerprint density at radius 2 is 1.72 bits per heavy atom. The SMILES string of the molecule is C.C.CCN1C=CC=Cn2c1cc1ccccc12. The molecule has 3 rings (SSSR count). The molecule has 0 fully saturated rings. The van der Waals surface area contributed by atoms with E-state index in [0.29, 0.717) is 0 Å². The maximum atomic E-state index is 2.25. The number of hydrogen-bond acceptors (Lipinski definition) is 1. The van der Waals surface area contributed by atoms with E-state index in [9.17, 15) is 0 Å². The molecule has 0 atom stereocenters. The van der Waals surface area contributed by atoms with Gasteiger partial charge in [-0.2, -0.15) is 0 Å². The minimum Gasteiger partial charge on any atom is -0.334 e. The predicted octanol–water partition coefficient (Wildman–Crippen LogP) is 4.74. The van der Waals surface area contributed by atoms with Crippen molar-refractivity contribution >= 4 is 22.9 Å². The largest absolute Gasteiger partial charge is 0.334 e. The minimum atomic E-state index is 0. The van der Waals surface area contributed by atoms with Crippen molar-refractivity contribution in [1.82, 2.24) is 4.57 Å². The molecule has 2 heterocycles. The molecule has 1 aromatic heterocycles. The van der Waals surface area contributed by atoms with Crippen molar-refractivity contribution in [2.45, 2.75) is 21.8 Å². The maximum Gasteiger partial charge on any atom is 0.117 e. The Kier molecular flexibility index (Phi) is 4.38. The highest BCUT2D eigenvalue weighted by atomic mass is 15.2. The van der Waals surface area contributed by atoms with Crippen LogP contribution in [0.2, 0.25) is 0 Å². The zero-order valence-corrected chi connectivity index (χ0v) is 9.30. The van der Waals surface area contributed by atoms with E-state index < -0.39 is 0 Å². The standard InChI is InChI=1S/C14H14N2.2CH4/c1-2-15-9-5-6-10-16-13-8-4-3-7-12(13)11-14(15)16;;/h3-11H,2H2,1H3;2*1H4. The van der Waals surface area contributed by atoms with Crippen LogP contribution >= 0.6 is 0 Å². The number of nitrogens with zero attached hydrogens (tertiary/aromatic N) is 2. The molecule has 2 heteroatoms. The molecule has 1 aliphatic rings. The number of hydrogen-bond donors (Lipinski definition) is 0. The van der Waals surface area contributed by atoms with E-state index in [4.69, 9.17) is 0 Å². The number of para-hydroxylation sites is 1. The molecule has 0 unspecified atom stereocenters. The third-order valence-electron chi connectivity index (χ3n) is 2.97. The Balaban J connectivity index is 0.000000810. The fraction of sp³-hybridized carbons (Fsp3) is 0.250. The van der Waals surface area contributed by atoms with Crippen LogP contribution in [0, 0.1) is 0 Å².